The van der Waals surface area contributed by atoms with Crippen LogP contribution in [0.2, 0.25) is 0 Å². The Bertz CT molecular complexity index is 1030. The van der Waals surface area contributed by atoms with Gasteiger partial charge in [0, 0.05) is 24.0 Å². The van der Waals surface area contributed by atoms with Gasteiger partial charge in [0.05, 0.1) is 18.2 Å². The van der Waals surface area contributed by atoms with E-state index >= 15 is 0 Å². The Morgan fingerprint density at radius 3 is 2.68 bits per heavy atom. The summed E-state index contributed by atoms with van der Waals surface area (Å²) in [5, 5.41) is 5.06. The molecule has 0 radical (unpaired) electrons. The quantitative estimate of drug-likeness (QED) is 0.727. The average molecular weight is 374 g/mol. The Morgan fingerprint density at radius 2 is 1.82 bits per heavy atom. The molecule has 1 aliphatic rings. The van der Waals surface area contributed by atoms with E-state index < -0.39 is 5.92 Å². The lowest BCUT2D eigenvalue weighted by atomic mass is 10.1. The van der Waals surface area contributed by atoms with E-state index in [0.29, 0.717) is 18.9 Å². The minimum Gasteiger partial charge on any atom is -0.492 e. The minimum atomic E-state index is -0.402. The summed E-state index contributed by atoms with van der Waals surface area (Å²) < 4.78 is 5.64. The molecule has 2 amide bonds. The summed E-state index contributed by atoms with van der Waals surface area (Å²) in [5.74, 6) is 0.0564. The Balaban J connectivity index is 1.53. The van der Waals surface area contributed by atoms with E-state index in [2.05, 4.69) is 5.32 Å². The Kier molecular flexibility index (Phi) is 4.98. The highest BCUT2D eigenvalue weighted by Crippen LogP contribution is 2.33. The van der Waals surface area contributed by atoms with E-state index in [4.69, 9.17) is 4.74 Å². The number of ether oxygens (including phenoxy) is 1. The lowest BCUT2D eigenvalue weighted by Gasteiger charge is -2.20. The first-order valence-electron chi connectivity index (χ1n) is 9.48. The molecule has 1 aliphatic heterocycles. The van der Waals surface area contributed by atoms with Crippen LogP contribution in [0.3, 0.4) is 0 Å². The molecule has 1 fully saturated rings. The number of carbonyl (C=O) groups is 2. The van der Waals surface area contributed by atoms with Crippen molar-refractivity contribution in [3.05, 3.63) is 66.7 Å². The number of nitrogens with zero attached hydrogens (tertiary/aromatic N) is 1. The normalized spacial score (nSPS) is 16.4. The first-order valence-corrected chi connectivity index (χ1v) is 9.48. The maximum Gasteiger partial charge on any atom is 0.229 e. The van der Waals surface area contributed by atoms with Crippen LogP contribution in [-0.4, -0.2) is 25.0 Å². The number of rotatable bonds is 5. The van der Waals surface area contributed by atoms with Crippen molar-refractivity contribution in [3.63, 3.8) is 0 Å². The number of fused-ring (bicyclic) bond motifs is 1. The third kappa shape index (κ3) is 3.43. The summed E-state index contributed by atoms with van der Waals surface area (Å²) in [7, 11) is 0. The molecule has 1 saturated heterocycles. The summed E-state index contributed by atoms with van der Waals surface area (Å²) >= 11 is 0. The first-order chi connectivity index (χ1) is 13.7. The molecule has 5 nitrogen and oxygen atoms in total. The molecule has 0 aromatic heterocycles. The van der Waals surface area contributed by atoms with Gasteiger partial charge in [0.1, 0.15) is 5.75 Å². The topological polar surface area (TPSA) is 58.6 Å². The molecule has 1 N–H and O–H groups in total. The van der Waals surface area contributed by atoms with Crippen molar-refractivity contribution in [1.29, 1.82) is 0 Å². The van der Waals surface area contributed by atoms with Gasteiger partial charge in [-0.25, -0.2) is 0 Å². The highest BCUT2D eigenvalue weighted by atomic mass is 16.5. The fourth-order valence-electron chi connectivity index (χ4n) is 3.64. The monoisotopic (exact) mass is 374 g/mol. The fourth-order valence-corrected chi connectivity index (χ4v) is 3.64. The molecule has 0 bridgehead atoms. The molecule has 3 aromatic rings. The van der Waals surface area contributed by atoms with Crippen molar-refractivity contribution in [3.8, 4) is 5.75 Å². The van der Waals surface area contributed by atoms with Crippen LogP contribution in [0.4, 0.5) is 11.4 Å². The second-order valence-electron chi connectivity index (χ2n) is 6.82. The van der Waals surface area contributed by atoms with Gasteiger partial charge in [-0.3, -0.25) is 9.59 Å². The number of benzene rings is 3. The van der Waals surface area contributed by atoms with Crippen LogP contribution < -0.4 is 15.0 Å². The summed E-state index contributed by atoms with van der Waals surface area (Å²) in [4.78, 5) is 27.1. The molecule has 4 rings (SSSR count). The third-order valence-electron chi connectivity index (χ3n) is 5.00. The van der Waals surface area contributed by atoms with Crippen molar-refractivity contribution in [2.24, 2.45) is 5.92 Å². The van der Waals surface area contributed by atoms with Crippen LogP contribution in [0.5, 0.6) is 5.75 Å². The van der Waals surface area contributed by atoms with Crippen molar-refractivity contribution in [2.75, 3.05) is 23.4 Å². The van der Waals surface area contributed by atoms with Gasteiger partial charge in [0.25, 0.3) is 0 Å². The zero-order chi connectivity index (χ0) is 19.5. The standard InChI is InChI=1S/C23H22N2O3/c1-2-28-21-13-6-5-12-20(21)25-15-17(14-22(25)26)23(27)24-19-11-7-9-16-8-3-4-10-18(16)19/h3-13,17H,2,14-15H2,1H3,(H,24,27)/t17-/m0/s1. The molecule has 1 heterocycles. The summed E-state index contributed by atoms with van der Waals surface area (Å²) in [6, 6.07) is 21.2. The smallest absolute Gasteiger partial charge is 0.229 e. The van der Waals surface area contributed by atoms with Crippen molar-refractivity contribution in [2.45, 2.75) is 13.3 Å². The molecule has 0 aliphatic carbocycles. The van der Waals surface area contributed by atoms with Gasteiger partial charge < -0.3 is 15.0 Å². The van der Waals surface area contributed by atoms with E-state index in [1.54, 1.807) is 4.90 Å². The number of amides is 2. The zero-order valence-electron chi connectivity index (χ0n) is 15.7. The summed E-state index contributed by atoms with van der Waals surface area (Å²) in [6.45, 7) is 2.77. The Hall–Kier alpha value is -3.34. The maximum atomic E-state index is 12.9. The lowest BCUT2D eigenvalue weighted by molar-refractivity contribution is -0.122. The average Bonchev–Trinajstić information content (AvgIpc) is 3.11. The number of hydrogen-bond acceptors (Lipinski definition) is 3. The summed E-state index contributed by atoms with van der Waals surface area (Å²) in [5.41, 5.74) is 1.48. The van der Waals surface area contributed by atoms with Gasteiger partial charge in [-0.05, 0) is 30.5 Å². The molecule has 0 spiro atoms. The first kappa shape index (κ1) is 18.0. The van der Waals surface area contributed by atoms with E-state index in [-0.39, 0.29) is 18.2 Å². The predicted molar refractivity (Wildman–Crippen MR) is 111 cm³/mol. The van der Waals surface area contributed by atoms with Crippen LogP contribution in [0, 0.1) is 5.92 Å². The van der Waals surface area contributed by atoms with Gasteiger partial charge >= 0.3 is 0 Å². The molecule has 0 saturated carbocycles. The van der Waals surface area contributed by atoms with Gasteiger partial charge in [-0.15, -0.1) is 0 Å². The SMILES string of the molecule is CCOc1ccccc1N1C[C@@H](C(=O)Nc2cccc3ccccc23)CC1=O. The van der Waals surface area contributed by atoms with Crippen LogP contribution in [0.1, 0.15) is 13.3 Å². The van der Waals surface area contributed by atoms with Crippen molar-refractivity contribution in [1.82, 2.24) is 0 Å². The van der Waals surface area contributed by atoms with Crippen LogP contribution in [0.15, 0.2) is 66.7 Å². The van der Waals surface area contributed by atoms with Crippen molar-refractivity contribution >= 4 is 34.0 Å². The Labute approximate surface area is 163 Å². The van der Waals surface area contributed by atoms with Crippen LogP contribution in [0.25, 0.3) is 10.8 Å². The van der Waals surface area contributed by atoms with E-state index in [0.717, 1.165) is 22.1 Å². The number of carbonyl (C=O) groups excluding carboxylic acids is 2. The molecule has 28 heavy (non-hydrogen) atoms. The molecule has 1 atom stereocenters. The van der Waals surface area contributed by atoms with E-state index in [9.17, 15) is 9.59 Å². The fraction of sp³-hybridized carbons (Fsp3) is 0.217. The summed E-state index contributed by atoms with van der Waals surface area (Å²) in [6.07, 6.45) is 0.192. The largest absolute Gasteiger partial charge is 0.492 e. The predicted octanol–water partition coefficient (Wildman–Crippen LogP) is 4.23. The number of para-hydroxylation sites is 2. The molecular formula is C23H22N2O3. The molecule has 3 aromatic carbocycles. The molecular weight excluding hydrogens is 352 g/mol. The molecule has 142 valence electrons. The second kappa shape index (κ2) is 7.72. The zero-order valence-corrected chi connectivity index (χ0v) is 15.7. The highest BCUT2D eigenvalue weighted by molar-refractivity contribution is 6.07. The number of nitrogens with one attached hydrogen (secondary N) is 1. The number of anilines is 2. The van der Waals surface area contributed by atoms with Gasteiger partial charge in [-0.1, -0.05) is 48.5 Å². The highest BCUT2D eigenvalue weighted by Gasteiger charge is 2.36. The van der Waals surface area contributed by atoms with Gasteiger partial charge in [0.2, 0.25) is 11.8 Å². The van der Waals surface area contributed by atoms with Crippen molar-refractivity contribution < 1.29 is 14.3 Å². The maximum absolute atomic E-state index is 12.9. The van der Waals surface area contributed by atoms with Gasteiger partial charge in [0.15, 0.2) is 0 Å². The molecule has 5 heteroatoms. The molecule has 0 unspecified atom stereocenters. The lowest BCUT2D eigenvalue weighted by Crippen LogP contribution is -2.28. The third-order valence-corrected chi connectivity index (χ3v) is 5.00. The second-order valence-corrected chi connectivity index (χ2v) is 6.82. The van der Waals surface area contributed by atoms with Gasteiger partial charge in [-0.2, -0.15) is 0 Å². The van der Waals surface area contributed by atoms with E-state index in [1.165, 1.54) is 0 Å². The van der Waals surface area contributed by atoms with E-state index in [1.807, 2.05) is 73.7 Å². The Morgan fingerprint density at radius 1 is 1.07 bits per heavy atom. The minimum absolute atomic E-state index is 0.0646. The van der Waals surface area contributed by atoms with Crippen LogP contribution in [-0.2, 0) is 9.59 Å². The van der Waals surface area contributed by atoms with Crippen LogP contribution >= 0.6 is 0 Å². The number of hydrogen-bond donors (Lipinski definition) is 1.